The number of aliphatic hydroxyl groups is 1. The lowest BCUT2D eigenvalue weighted by atomic mass is 10.1. The largest absolute Gasteiger partial charge is 0.453 e. The second kappa shape index (κ2) is 8.60. The van der Waals surface area contributed by atoms with Crippen molar-refractivity contribution < 1.29 is 38.3 Å². The highest BCUT2D eigenvalue weighted by Gasteiger charge is 2.60. The van der Waals surface area contributed by atoms with E-state index in [1.165, 1.54) is 0 Å². The average molecular weight is 444 g/mol. The number of esters is 1. The molecular formula is C24H28O8. The quantitative estimate of drug-likeness (QED) is 0.428. The third-order valence-corrected chi connectivity index (χ3v) is 5.39. The van der Waals surface area contributed by atoms with Crippen molar-refractivity contribution in [2.45, 2.75) is 76.1 Å². The highest BCUT2D eigenvalue weighted by atomic mass is 16.8. The van der Waals surface area contributed by atoms with Crippen LogP contribution in [0.2, 0.25) is 0 Å². The van der Waals surface area contributed by atoms with Crippen LogP contribution in [0.25, 0.3) is 0 Å². The van der Waals surface area contributed by atoms with Crippen LogP contribution in [0.15, 0.2) is 42.5 Å². The van der Waals surface area contributed by atoms with Gasteiger partial charge in [-0.05, 0) is 39.8 Å². The van der Waals surface area contributed by atoms with E-state index in [0.717, 1.165) is 0 Å². The first kappa shape index (κ1) is 22.9. The molecule has 0 bridgehead atoms. The monoisotopic (exact) mass is 444 g/mol. The molecule has 3 aliphatic heterocycles. The predicted molar refractivity (Wildman–Crippen MR) is 112 cm³/mol. The van der Waals surface area contributed by atoms with Crippen molar-refractivity contribution in [3.05, 3.63) is 48.0 Å². The maximum atomic E-state index is 12.8. The summed E-state index contributed by atoms with van der Waals surface area (Å²) in [7, 11) is 0. The van der Waals surface area contributed by atoms with Gasteiger partial charge in [0, 0.05) is 5.56 Å². The van der Waals surface area contributed by atoms with Crippen molar-refractivity contribution in [2.75, 3.05) is 6.61 Å². The van der Waals surface area contributed by atoms with Crippen molar-refractivity contribution in [2.24, 2.45) is 0 Å². The molecule has 8 nitrogen and oxygen atoms in total. The lowest BCUT2D eigenvalue weighted by Gasteiger charge is -2.29. The van der Waals surface area contributed by atoms with Gasteiger partial charge in [-0.3, -0.25) is 0 Å². The van der Waals surface area contributed by atoms with E-state index in [0.29, 0.717) is 5.56 Å². The van der Waals surface area contributed by atoms with Crippen LogP contribution in [0.5, 0.6) is 0 Å². The van der Waals surface area contributed by atoms with Gasteiger partial charge in [0.15, 0.2) is 30.1 Å². The molecule has 4 rings (SSSR count). The van der Waals surface area contributed by atoms with Crippen molar-refractivity contribution in [3.63, 3.8) is 0 Å². The number of benzene rings is 1. The number of hydrogen-bond acceptors (Lipinski definition) is 8. The van der Waals surface area contributed by atoms with Gasteiger partial charge >= 0.3 is 5.97 Å². The Labute approximate surface area is 187 Å². The minimum atomic E-state index is -1.39. The smallest absolute Gasteiger partial charge is 0.337 e. The molecule has 0 aromatic heterocycles. The molecular weight excluding hydrogens is 416 g/mol. The van der Waals surface area contributed by atoms with Gasteiger partial charge in [0.05, 0.1) is 12.2 Å². The number of rotatable bonds is 4. The van der Waals surface area contributed by atoms with Gasteiger partial charge in [-0.2, -0.15) is 0 Å². The second-order valence-corrected chi connectivity index (χ2v) is 8.87. The van der Waals surface area contributed by atoms with E-state index in [4.69, 9.17) is 28.4 Å². The Kier molecular flexibility index (Phi) is 6.16. The molecule has 0 radical (unpaired) electrons. The number of carbonyl (C=O) groups excluding carboxylic acids is 1. The van der Waals surface area contributed by atoms with E-state index in [2.05, 4.69) is 18.4 Å². The third-order valence-electron chi connectivity index (χ3n) is 5.39. The van der Waals surface area contributed by atoms with E-state index in [9.17, 15) is 9.90 Å². The van der Waals surface area contributed by atoms with Crippen molar-refractivity contribution in [1.82, 2.24) is 0 Å². The fourth-order valence-electron chi connectivity index (χ4n) is 3.89. The fourth-order valence-corrected chi connectivity index (χ4v) is 3.89. The fraction of sp³-hybridized carbons (Fsp3) is 0.542. The molecule has 8 heteroatoms. The molecule has 3 aliphatic rings. The first-order valence-electron chi connectivity index (χ1n) is 10.5. The van der Waals surface area contributed by atoms with Crippen molar-refractivity contribution >= 4 is 5.97 Å². The molecule has 6 atom stereocenters. The lowest BCUT2D eigenvalue weighted by Crippen LogP contribution is -2.45. The Morgan fingerprint density at radius 3 is 2.50 bits per heavy atom. The zero-order valence-corrected chi connectivity index (χ0v) is 18.6. The lowest BCUT2D eigenvalue weighted by molar-refractivity contribution is -0.235. The highest BCUT2D eigenvalue weighted by Crippen LogP contribution is 2.42. The van der Waals surface area contributed by atoms with Gasteiger partial charge in [-0.25, -0.2) is 4.79 Å². The number of fused-ring (bicyclic) bond motifs is 1. The van der Waals surface area contributed by atoms with Gasteiger partial charge < -0.3 is 33.5 Å². The number of ether oxygens (including phenoxy) is 6. The summed E-state index contributed by atoms with van der Waals surface area (Å²) in [5.74, 6) is 2.95. The van der Waals surface area contributed by atoms with Crippen LogP contribution in [0.1, 0.15) is 33.3 Å². The average Bonchev–Trinajstić information content (AvgIpc) is 3.35. The third kappa shape index (κ3) is 4.89. The van der Waals surface area contributed by atoms with Gasteiger partial charge in [-0.1, -0.05) is 36.6 Å². The molecule has 0 unspecified atom stereocenters. The minimum absolute atomic E-state index is 0.183. The van der Waals surface area contributed by atoms with Crippen LogP contribution in [0.3, 0.4) is 0 Å². The van der Waals surface area contributed by atoms with E-state index >= 15 is 0 Å². The topological polar surface area (TPSA) is 92.7 Å². The van der Waals surface area contributed by atoms with Gasteiger partial charge in [0.25, 0.3) is 0 Å². The number of carbonyl (C=O) groups is 1. The minimum Gasteiger partial charge on any atom is -0.453 e. The summed E-state index contributed by atoms with van der Waals surface area (Å²) in [6.45, 7) is 11.0. The molecule has 172 valence electrons. The Morgan fingerprint density at radius 1 is 1.12 bits per heavy atom. The van der Waals surface area contributed by atoms with E-state index in [1.807, 2.05) is 18.2 Å². The Bertz CT molecular complexity index is 928. The number of aliphatic hydroxyl groups excluding tert-OH is 1. The molecule has 0 spiro atoms. The van der Waals surface area contributed by atoms with E-state index in [-0.39, 0.29) is 12.2 Å². The van der Waals surface area contributed by atoms with Crippen LogP contribution >= 0.6 is 0 Å². The first-order chi connectivity index (χ1) is 15.0. The molecule has 0 amide bonds. The predicted octanol–water partition coefficient (Wildman–Crippen LogP) is 1.89. The second-order valence-electron chi connectivity index (χ2n) is 8.87. The van der Waals surface area contributed by atoms with Gasteiger partial charge in [0.2, 0.25) is 0 Å². The summed E-state index contributed by atoms with van der Waals surface area (Å²) in [6, 6.07) is 9.12. The molecule has 0 saturated carbocycles. The summed E-state index contributed by atoms with van der Waals surface area (Å²) in [5, 5.41) is 10.3. The normalized spacial score (nSPS) is 33.1. The van der Waals surface area contributed by atoms with Crippen LogP contribution in [-0.2, 0) is 33.2 Å². The number of hydrogen-bond donors (Lipinski definition) is 1. The summed E-state index contributed by atoms with van der Waals surface area (Å²) < 4.78 is 35.0. The SMILES string of the molecule is C=C(C(=O)O[C@@H]1[C@H]2OC(C)(C)O[C@H]2O[C@@H]1[C@H]1COC(C)(C)O1)[C@H](O)C#Cc1ccccc1. The zero-order chi connectivity index (χ0) is 23.1. The summed E-state index contributed by atoms with van der Waals surface area (Å²) >= 11 is 0. The Morgan fingerprint density at radius 2 is 1.84 bits per heavy atom. The molecule has 1 N–H and O–H groups in total. The van der Waals surface area contributed by atoms with Crippen molar-refractivity contribution in [3.8, 4) is 11.8 Å². The van der Waals surface area contributed by atoms with Crippen LogP contribution < -0.4 is 0 Å². The Hall–Kier alpha value is -2.25. The molecule has 3 saturated heterocycles. The molecule has 0 aliphatic carbocycles. The maximum Gasteiger partial charge on any atom is 0.337 e. The molecule has 1 aromatic carbocycles. The maximum absolute atomic E-state index is 12.8. The first-order valence-corrected chi connectivity index (χ1v) is 10.5. The van der Waals surface area contributed by atoms with Crippen LogP contribution in [0, 0.1) is 11.8 Å². The van der Waals surface area contributed by atoms with Crippen molar-refractivity contribution in [1.29, 1.82) is 0 Å². The van der Waals surface area contributed by atoms with Gasteiger partial charge in [-0.15, -0.1) is 0 Å². The highest BCUT2D eigenvalue weighted by molar-refractivity contribution is 5.89. The van der Waals surface area contributed by atoms with Crippen LogP contribution in [-0.4, -0.2) is 66.1 Å². The molecule has 1 aromatic rings. The Balaban J connectivity index is 1.47. The standard InChI is InChI=1S/C24H28O8/c1-14(16(25)12-11-15-9-7-6-8-10-15)21(26)28-19-18(17-13-27-23(2,3)30-17)29-22-20(19)31-24(4,5)32-22/h6-10,16-20,22,25H,1,13H2,2-5H3/t16-,17-,18-,19+,20-,22-/m1/s1. The summed E-state index contributed by atoms with van der Waals surface area (Å²) in [6.07, 6.45) is -4.78. The molecule has 32 heavy (non-hydrogen) atoms. The van der Waals surface area contributed by atoms with Gasteiger partial charge in [0.1, 0.15) is 18.3 Å². The van der Waals surface area contributed by atoms with Crippen LogP contribution in [0.4, 0.5) is 0 Å². The zero-order valence-electron chi connectivity index (χ0n) is 18.6. The summed E-state index contributed by atoms with van der Waals surface area (Å²) in [5.41, 5.74) is 0.525. The molecule has 3 heterocycles. The van der Waals surface area contributed by atoms with E-state index < -0.39 is 54.4 Å². The summed E-state index contributed by atoms with van der Waals surface area (Å²) in [4.78, 5) is 12.8. The molecule has 3 fully saturated rings. The van der Waals surface area contributed by atoms with E-state index in [1.54, 1.807) is 39.8 Å².